The Bertz CT molecular complexity index is 270. The van der Waals surface area contributed by atoms with Crippen LogP contribution in [0.5, 0.6) is 0 Å². The zero-order valence-electron chi connectivity index (χ0n) is 7.87. The van der Waals surface area contributed by atoms with Crippen molar-refractivity contribution in [1.82, 2.24) is 10.3 Å². The molecule has 1 saturated heterocycles. The van der Waals surface area contributed by atoms with E-state index in [0.29, 0.717) is 5.92 Å². The van der Waals surface area contributed by atoms with E-state index in [-0.39, 0.29) is 12.4 Å². The molecule has 4 heteroatoms. The Balaban J connectivity index is 0.000000980. The highest BCUT2D eigenvalue weighted by atomic mass is 35.5. The van der Waals surface area contributed by atoms with Gasteiger partial charge in [-0.15, -0.1) is 12.4 Å². The fourth-order valence-corrected chi connectivity index (χ4v) is 1.77. The number of rotatable bonds is 1. The highest BCUT2D eigenvalue weighted by Gasteiger charge is 2.14. The molecule has 0 aliphatic carbocycles. The van der Waals surface area contributed by atoms with Crippen LogP contribution in [-0.2, 0) is 0 Å². The van der Waals surface area contributed by atoms with Crippen molar-refractivity contribution in [3.05, 3.63) is 29.8 Å². The van der Waals surface area contributed by atoms with Crippen molar-refractivity contribution in [3.63, 3.8) is 0 Å². The Morgan fingerprint density at radius 2 is 2.29 bits per heavy atom. The van der Waals surface area contributed by atoms with Crippen molar-refractivity contribution < 1.29 is 4.39 Å². The molecule has 78 valence electrons. The fraction of sp³-hybridized carbons (Fsp3) is 0.500. The smallest absolute Gasteiger partial charge is 0.212 e. The van der Waals surface area contributed by atoms with Gasteiger partial charge in [-0.3, -0.25) is 0 Å². The molecule has 1 atom stereocenters. The summed E-state index contributed by atoms with van der Waals surface area (Å²) in [6.07, 6.45) is 4.02. The second kappa shape index (κ2) is 5.27. The number of halogens is 2. The van der Waals surface area contributed by atoms with Gasteiger partial charge in [0.15, 0.2) is 0 Å². The number of piperidine rings is 1. The second-order valence-electron chi connectivity index (χ2n) is 3.46. The van der Waals surface area contributed by atoms with Crippen LogP contribution >= 0.6 is 12.4 Å². The van der Waals surface area contributed by atoms with E-state index in [1.54, 1.807) is 6.20 Å². The van der Waals surface area contributed by atoms with Gasteiger partial charge in [0, 0.05) is 12.7 Å². The normalized spacial score (nSPS) is 21.4. The first-order valence-corrected chi connectivity index (χ1v) is 4.68. The summed E-state index contributed by atoms with van der Waals surface area (Å²) in [6, 6.07) is 3.27. The molecule has 2 nitrogen and oxygen atoms in total. The van der Waals surface area contributed by atoms with Crippen LogP contribution in [0.4, 0.5) is 4.39 Å². The molecule has 0 radical (unpaired) electrons. The van der Waals surface area contributed by atoms with Crippen molar-refractivity contribution in [3.8, 4) is 0 Å². The zero-order valence-corrected chi connectivity index (χ0v) is 8.69. The lowest BCUT2D eigenvalue weighted by Gasteiger charge is -2.22. The van der Waals surface area contributed by atoms with Crippen molar-refractivity contribution in [2.45, 2.75) is 18.8 Å². The second-order valence-corrected chi connectivity index (χ2v) is 3.46. The molecule has 0 saturated carbocycles. The van der Waals surface area contributed by atoms with Crippen LogP contribution in [-0.4, -0.2) is 18.1 Å². The molecule has 14 heavy (non-hydrogen) atoms. The summed E-state index contributed by atoms with van der Waals surface area (Å²) in [5.41, 5.74) is 1.15. The third kappa shape index (κ3) is 2.66. The Kier molecular flexibility index (Phi) is 4.29. The lowest BCUT2D eigenvalue weighted by Crippen LogP contribution is -2.28. The van der Waals surface area contributed by atoms with E-state index < -0.39 is 5.95 Å². The third-order valence-electron chi connectivity index (χ3n) is 2.52. The van der Waals surface area contributed by atoms with Gasteiger partial charge in [-0.1, -0.05) is 6.07 Å². The largest absolute Gasteiger partial charge is 0.316 e. The molecule has 1 aliphatic rings. The van der Waals surface area contributed by atoms with E-state index in [2.05, 4.69) is 10.3 Å². The van der Waals surface area contributed by atoms with Gasteiger partial charge in [-0.25, -0.2) is 4.98 Å². The van der Waals surface area contributed by atoms with E-state index >= 15 is 0 Å². The molecule has 2 rings (SSSR count). The Morgan fingerprint density at radius 3 is 2.86 bits per heavy atom. The highest BCUT2D eigenvalue weighted by molar-refractivity contribution is 5.85. The van der Waals surface area contributed by atoms with E-state index in [1.807, 2.05) is 6.07 Å². The summed E-state index contributed by atoms with van der Waals surface area (Å²) in [6.45, 7) is 2.10. The maximum Gasteiger partial charge on any atom is 0.212 e. The zero-order chi connectivity index (χ0) is 9.10. The van der Waals surface area contributed by atoms with E-state index in [0.717, 1.165) is 18.7 Å². The molecule has 1 aliphatic heterocycles. The molecule has 1 N–H and O–H groups in total. The van der Waals surface area contributed by atoms with Crippen LogP contribution < -0.4 is 5.32 Å². The number of hydrogen-bond acceptors (Lipinski definition) is 2. The van der Waals surface area contributed by atoms with Crippen LogP contribution in [0.15, 0.2) is 18.3 Å². The average molecular weight is 217 g/mol. The Labute approximate surface area is 89.3 Å². The van der Waals surface area contributed by atoms with E-state index in [1.165, 1.54) is 18.9 Å². The molecule has 1 aromatic heterocycles. The molecule has 0 spiro atoms. The standard InChI is InChI=1S/C10H13FN2.ClH/c11-10-4-3-9(7-13-10)8-2-1-5-12-6-8;/h3-4,7-8,12H,1-2,5-6H2;1H. The summed E-state index contributed by atoms with van der Waals surface area (Å²) in [5.74, 6) is 0.120. The maximum atomic E-state index is 12.5. The minimum atomic E-state index is -0.396. The van der Waals surface area contributed by atoms with Crippen LogP contribution in [0.25, 0.3) is 0 Å². The maximum absolute atomic E-state index is 12.5. The van der Waals surface area contributed by atoms with Gasteiger partial charge in [-0.2, -0.15) is 4.39 Å². The van der Waals surface area contributed by atoms with E-state index in [4.69, 9.17) is 0 Å². The molecule has 0 bridgehead atoms. The van der Waals surface area contributed by atoms with Gasteiger partial charge in [0.2, 0.25) is 5.95 Å². The van der Waals surface area contributed by atoms with Gasteiger partial charge in [-0.05, 0) is 36.9 Å². The molecule has 1 aromatic rings. The first-order chi connectivity index (χ1) is 6.36. The summed E-state index contributed by atoms with van der Waals surface area (Å²) in [5, 5.41) is 3.33. The first kappa shape index (κ1) is 11.4. The summed E-state index contributed by atoms with van der Waals surface area (Å²) in [7, 11) is 0. The monoisotopic (exact) mass is 216 g/mol. The summed E-state index contributed by atoms with van der Waals surface area (Å²) >= 11 is 0. The van der Waals surface area contributed by atoms with Gasteiger partial charge < -0.3 is 5.32 Å². The topological polar surface area (TPSA) is 24.9 Å². The predicted molar refractivity (Wildman–Crippen MR) is 56.3 cm³/mol. The minimum absolute atomic E-state index is 0. The van der Waals surface area contributed by atoms with Crippen LogP contribution in [0, 0.1) is 5.95 Å². The Hall–Kier alpha value is -0.670. The summed E-state index contributed by atoms with van der Waals surface area (Å²) in [4.78, 5) is 3.66. The average Bonchev–Trinajstić information content (AvgIpc) is 2.20. The Morgan fingerprint density at radius 1 is 1.43 bits per heavy atom. The molecule has 1 fully saturated rings. The van der Waals surface area contributed by atoms with Crippen molar-refractivity contribution in [2.75, 3.05) is 13.1 Å². The first-order valence-electron chi connectivity index (χ1n) is 4.68. The number of aromatic nitrogens is 1. The van der Waals surface area contributed by atoms with Crippen LogP contribution in [0.2, 0.25) is 0 Å². The summed E-state index contributed by atoms with van der Waals surface area (Å²) < 4.78 is 12.5. The number of pyridine rings is 1. The van der Waals surface area contributed by atoms with Gasteiger partial charge >= 0.3 is 0 Å². The lowest BCUT2D eigenvalue weighted by atomic mass is 9.93. The fourth-order valence-electron chi connectivity index (χ4n) is 1.77. The molecule has 0 aromatic carbocycles. The van der Waals surface area contributed by atoms with Crippen molar-refractivity contribution in [2.24, 2.45) is 0 Å². The third-order valence-corrected chi connectivity index (χ3v) is 2.52. The van der Waals surface area contributed by atoms with E-state index in [9.17, 15) is 4.39 Å². The van der Waals surface area contributed by atoms with Crippen LogP contribution in [0.3, 0.4) is 0 Å². The highest BCUT2D eigenvalue weighted by Crippen LogP contribution is 2.21. The quantitative estimate of drug-likeness (QED) is 0.728. The predicted octanol–water partition coefficient (Wildman–Crippen LogP) is 2.11. The van der Waals surface area contributed by atoms with Crippen LogP contribution in [0.1, 0.15) is 24.3 Å². The molecule has 1 unspecified atom stereocenters. The number of nitrogens with zero attached hydrogens (tertiary/aromatic N) is 1. The number of hydrogen-bond donors (Lipinski definition) is 1. The SMILES string of the molecule is Cl.Fc1ccc(C2CCCNC2)cn1. The minimum Gasteiger partial charge on any atom is -0.316 e. The molecule has 0 amide bonds. The van der Waals surface area contributed by atoms with Crippen molar-refractivity contribution >= 4 is 12.4 Å². The van der Waals surface area contributed by atoms with Gasteiger partial charge in [0.25, 0.3) is 0 Å². The van der Waals surface area contributed by atoms with Crippen molar-refractivity contribution in [1.29, 1.82) is 0 Å². The van der Waals surface area contributed by atoms with Gasteiger partial charge in [0.05, 0.1) is 0 Å². The lowest BCUT2D eigenvalue weighted by molar-refractivity contribution is 0.459. The van der Waals surface area contributed by atoms with Gasteiger partial charge in [0.1, 0.15) is 0 Å². The molecular weight excluding hydrogens is 203 g/mol. The number of nitrogens with one attached hydrogen (secondary N) is 1. The molecule has 2 heterocycles. The molecular formula is C10H14ClFN2.